The van der Waals surface area contributed by atoms with Gasteiger partial charge in [0.2, 0.25) is 0 Å². The number of halogens is 2. The number of rotatable bonds is 5. The van der Waals surface area contributed by atoms with Crippen molar-refractivity contribution in [3.8, 4) is 0 Å². The molecule has 0 fully saturated rings. The van der Waals surface area contributed by atoms with E-state index in [1.807, 2.05) is 0 Å². The third-order valence-corrected chi connectivity index (χ3v) is 7.38. The second kappa shape index (κ2) is 15.2. The van der Waals surface area contributed by atoms with E-state index in [-0.39, 0.29) is 51.0 Å². The first kappa shape index (κ1) is 32.0. The molecule has 0 amide bonds. The maximum Gasteiger partial charge on any atom is 4.00 e. The molecule has 0 saturated heterocycles. The zero-order valence-corrected chi connectivity index (χ0v) is 23.4. The molecule has 0 aromatic heterocycles. The summed E-state index contributed by atoms with van der Waals surface area (Å²) >= 11 is 0. The van der Waals surface area contributed by atoms with Crippen LogP contribution in [0.1, 0.15) is 52.3 Å². The summed E-state index contributed by atoms with van der Waals surface area (Å²) < 4.78 is 0. The van der Waals surface area contributed by atoms with E-state index in [1.165, 1.54) is 33.4 Å². The van der Waals surface area contributed by atoms with Gasteiger partial charge < -0.3 is 29.9 Å². The largest absolute Gasteiger partial charge is 4.00 e. The number of hydrogen-bond acceptors (Lipinski definition) is 1. The molecule has 0 bridgehead atoms. The van der Waals surface area contributed by atoms with Crippen LogP contribution in [0.3, 0.4) is 0 Å². The molecule has 0 heterocycles. The molecule has 0 saturated carbocycles. The molecule has 1 nitrogen and oxygen atoms in total. The smallest absolute Gasteiger partial charge is 1.00 e. The van der Waals surface area contributed by atoms with Crippen molar-refractivity contribution < 1.29 is 56.1 Å². The third-order valence-electron chi connectivity index (χ3n) is 5.59. The molecule has 2 aromatic rings. The van der Waals surface area contributed by atoms with Gasteiger partial charge in [0.1, 0.15) is 0 Å². The summed E-state index contributed by atoms with van der Waals surface area (Å²) in [7, 11) is -0.661. The van der Waals surface area contributed by atoms with Gasteiger partial charge in [-0.2, -0.15) is 50.2 Å². The second-order valence-electron chi connectivity index (χ2n) is 7.25. The fourth-order valence-electron chi connectivity index (χ4n) is 3.46. The van der Waals surface area contributed by atoms with Crippen molar-refractivity contribution in [2.75, 3.05) is 6.61 Å². The van der Waals surface area contributed by atoms with Crippen LogP contribution in [-0.2, 0) is 39.0 Å². The summed E-state index contributed by atoms with van der Waals surface area (Å²) in [4.78, 5) is 0. The van der Waals surface area contributed by atoms with Crippen molar-refractivity contribution in [3.05, 3.63) is 51.1 Å². The summed E-state index contributed by atoms with van der Waals surface area (Å²) in [6.45, 7) is 18.3. The zero-order valence-electron chi connectivity index (χ0n) is 18.3. The van der Waals surface area contributed by atoms with Crippen LogP contribution in [-0.4, -0.2) is 20.5 Å². The van der Waals surface area contributed by atoms with E-state index in [0.717, 1.165) is 19.3 Å². The van der Waals surface area contributed by atoms with Crippen LogP contribution in [0.2, 0.25) is 13.1 Å². The Morgan fingerprint density at radius 1 is 1.00 bits per heavy atom. The number of aryl methyl sites for hydroxylation is 1. The Balaban J connectivity index is -0.000000400. The van der Waals surface area contributed by atoms with Gasteiger partial charge in [0.25, 0.3) is 0 Å². The molecule has 2 aromatic carbocycles. The fourth-order valence-corrected chi connectivity index (χ4v) is 5.03. The SMILES string of the molecule is CCc1c(CCCO)cc[c-]1[SiH](C)C.Cc1c(C)c(C)[c-](C)c1C.[Cl-].[Cl-].[Zr+4]. The van der Waals surface area contributed by atoms with Crippen LogP contribution in [0.25, 0.3) is 0 Å². The first-order valence-electron chi connectivity index (χ1n) is 9.33. The number of hydrogen-bond donors (Lipinski definition) is 1. The molecule has 0 atom stereocenters. The fraction of sp³-hybridized carbons (Fsp3) is 0.545. The summed E-state index contributed by atoms with van der Waals surface area (Å²) in [6.07, 6.45) is 3.09. The van der Waals surface area contributed by atoms with Gasteiger partial charge >= 0.3 is 26.2 Å². The molecule has 5 heteroatoms. The maximum absolute atomic E-state index is 8.82. The minimum atomic E-state index is -0.661. The maximum atomic E-state index is 8.82. The molecule has 2 rings (SSSR count). The van der Waals surface area contributed by atoms with Crippen LogP contribution >= 0.6 is 0 Å². The summed E-state index contributed by atoms with van der Waals surface area (Å²) in [5.74, 6) is 0. The third kappa shape index (κ3) is 8.31. The van der Waals surface area contributed by atoms with Crippen molar-refractivity contribution >= 4 is 14.0 Å². The quantitative estimate of drug-likeness (QED) is 0.388. The molecular weight excluding hydrogens is 470 g/mol. The molecule has 0 unspecified atom stereocenters. The van der Waals surface area contributed by atoms with Gasteiger partial charge in [-0.3, -0.25) is 0 Å². The van der Waals surface area contributed by atoms with Gasteiger partial charge in [0.05, 0.1) is 0 Å². The van der Waals surface area contributed by atoms with Gasteiger partial charge in [0.15, 0.2) is 0 Å². The Morgan fingerprint density at radius 2 is 1.48 bits per heavy atom. The average Bonchev–Trinajstić information content (AvgIpc) is 3.05. The van der Waals surface area contributed by atoms with Crippen LogP contribution < -0.4 is 30.0 Å². The van der Waals surface area contributed by atoms with Crippen LogP contribution in [0, 0.1) is 34.6 Å². The first-order chi connectivity index (χ1) is 11.3. The van der Waals surface area contributed by atoms with Crippen molar-refractivity contribution in [1.82, 2.24) is 0 Å². The van der Waals surface area contributed by atoms with Gasteiger partial charge in [-0.05, 0) is 6.42 Å². The minimum absolute atomic E-state index is 0. The van der Waals surface area contributed by atoms with Gasteiger partial charge in [0, 0.05) is 15.4 Å². The number of aliphatic hydroxyl groups excluding tert-OH is 1. The van der Waals surface area contributed by atoms with Crippen LogP contribution in [0.5, 0.6) is 0 Å². The molecule has 0 aliphatic carbocycles. The molecule has 27 heavy (non-hydrogen) atoms. The molecule has 1 N–H and O–H groups in total. The second-order valence-corrected chi connectivity index (χ2v) is 10.2. The van der Waals surface area contributed by atoms with E-state index in [1.54, 1.807) is 10.8 Å². The summed E-state index contributed by atoms with van der Waals surface area (Å²) in [5.41, 5.74) is 10.4. The predicted molar refractivity (Wildman–Crippen MR) is 111 cm³/mol. The van der Waals surface area contributed by atoms with E-state index in [2.05, 4.69) is 66.8 Å². The molecule has 152 valence electrons. The molecular formula is C22H36Cl2OSiZr. The molecule has 0 radical (unpaired) electrons. The van der Waals surface area contributed by atoms with Crippen molar-refractivity contribution in [2.24, 2.45) is 0 Å². The molecule has 0 spiro atoms. The normalized spacial score (nSPS) is 9.70. The molecule has 0 aliphatic heterocycles. The van der Waals surface area contributed by atoms with Gasteiger partial charge in [-0.15, -0.1) is 0 Å². The predicted octanol–water partition coefficient (Wildman–Crippen LogP) is -1.46. The van der Waals surface area contributed by atoms with E-state index < -0.39 is 8.80 Å². The van der Waals surface area contributed by atoms with Crippen LogP contribution in [0.15, 0.2) is 12.1 Å². The van der Waals surface area contributed by atoms with Gasteiger partial charge in [-0.1, -0.05) is 67.5 Å². The monoisotopic (exact) mass is 504 g/mol. The van der Waals surface area contributed by atoms with Crippen LogP contribution in [0.4, 0.5) is 0 Å². The summed E-state index contributed by atoms with van der Waals surface area (Å²) in [6, 6.07) is 4.57. The van der Waals surface area contributed by atoms with E-state index in [9.17, 15) is 0 Å². The Hall–Kier alpha value is 0.340. The number of aliphatic hydroxyl groups is 1. The Kier molecular flexibility index (Phi) is 18.0. The Morgan fingerprint density at radius 3 is 1.78 bits per heavy atom. The standard InChI is InChI=1S/C12H21OSi.C10H15.2ClH.Zr/c1-4-11-10(6-5-9-13)7-8-12(11)14(2)3;1-6-7(2)9(4)10(5)8(6)3;;;/h7-8,13-14H,4-6,9H2,1-3H3;1-5H3;2*1H;/q2*-1;;;+4/p-2. The molecule has 0 aliphatic rings. The van der Waals surface area contributed by atoms with E-state index in [0.29, 0.717) is 6.61 Å². The zero-order chi connectivity index (χ0) is 18.4. The van der Waals surface area contributed by atoms with Crippen molar-refractivity contribution in [3.63, 3.8) is 0 Å². The summed E-state index contributed by atoms with van der Waals surface area (Å²) in [5, 5.41) is 10.4. The van der Waals surface area contributed by atoms with E-state index in [4.69, 9.17) is 5.11 Å². The van der Waals surface area contributed by atoms with Crippen molar-refractivity contribution in [2.45, 2.75) is 73.9 Å². The van der Waals surface area contributed by atoms with Gasteiger partial charge in [-0.25, -0.2) is 6.07 Å². The first-order valence-corrected chi connectivity index (χ1v) is 12.2. The van der Waals surface area contributed by atoms with E-state index >= 15 is 0 Å². The minimum Gasteiger partial charge on any atom is -1.00 e. The Labute approximate surface area is 200 Å². The topological polar surface area (TPSA) is 20.2 Å². The Bertz CT molecular complexity index is 580. The van der Waals surface area contributed by atoms with Crippen molar-refractivity contribution in [1.29, 1.82) is 0 Å². The average molecular weight is 507 g/mol.